The van der Waals surface area contributed by atoms with Gasteiger partial charge in [-0.25, -0.2) is 4.79 Å². The van der Waals surface area contributed by atoms with E-state index in [1.165, 1.54) is 7.11 Å². The lowest BCUT2D eigenvalue weighted by molar-refractivity contribution is -0.142. The van der Waals surface area contributed by atoms with Crippen LogP contribution >= 0.6 is 0 Å². The molecule has 1 amide bonds. The number of primary amides is 1. The maximum Gasteiger partial charge on any atom is 0.331 e. The zero-order chi connectivity index (χ0) is 12.4. The van der Waals surface area contributed by atoms with Gasteiger partial charge in [-0.3, -0.25) is 9.59 Å². The number of carbonyl (C=O) groups excluding carboxylic acids is 2. The second-order valence-electron chi connectivity index (χ2n) is 2.27. The highest BCUT2D eigenvalue weighted by molar-refractivity contribution is 5.91. The summed E-state index contributed by atoms with van der Waals surface area (Å²) in [4.78, 5) is 29.9. The Morgan fingerprint density at radius 3 is 2.07 bits per heavy atom. The molecule has 0 bridgehead atoms. The number of methoxy groups -OCH3 is 1. The van der Waals surface area contributed by atoms with Crippen molar-refractivity contribution < 1.29 is 24.2 Å². The maximum absolute atomic E-state index is 10.4. The van der Waals surface area contributed by atoms with Gasteiger partial charge in [0, 0.05) is 5.57 Å². The average Bonchev–Trinajstić information content (AvgIpc) is 2.18. The Hall–Kier alpha value is -2.11. The van der Waals surface area contributed by atoms with Gasteiger partial charge in [0.15, 0.2) is 0 Å². The molecule has 0 saturated carbocycles. The highest BCUT2D eigenvalue weighted by atomic mass is 16.5. The normalized spacial score (nSPS) is 7.80. The number of rotatable bonds is 4. The molecule has 6 nitrogen and oxygen atoms in total. The van der Waals surface area contributed by atoms with Crippen molar-refractivity contribution in [1.29, 1.82) is 0 Å². The molecule has 0 aliphatic carbocycles. The summed E-state index contributed by atoms with van der Waals surface area (Å²) < 4.78 is 4.21. The van der Waals surface area contributed by atoms with E-state index in [1.54, 1.807) is 0 Å². The number of hydrogen-bond acceptors (Lipinski definition) is 4. The molecular formula is C9H13NO5. The third kappa shape index (κ3) is 11.9. The molecule has 0 aliphatic heterocycles. The van der Waals surface area contributed by atoms with Gasteiger partial charge >= 0.3 is 11.9 Å². The molecule has 6 heteroatoms. The van der Waals surface area contributed by atoms with Crippen LogP contribution < -0.4 is 5.73 Å². The van der Waals surface area contributed by atoms with Gasteiger partial charge in [0.1, 0.15) is 0 Å². The van der Waals surface area contributed by atoms with Crippen LogP contribution in [0.15, 0.2) is 24.8 Å². The molecule has 0 saturated heterocycles. The van der Waals surface area contributed by atoms with Gasteiger partial charge in [-0.2, -0.15) is 0 Å². The van der Waals surface area contributed by atoms with Crippen molar-refractivity contribution in [3.63, 3.8) is 0 Å². The van der Waals surface area contributed by atoms with Gasteiger partial charge in [0.2, 0.25) is 5.91 Å². The van der Waals surface area contributed by atoms with Crippen LogP contribution in [0.4, 0.5) is 0 Å². The molecule has 0 aromatic rings. The van der Waals surface area contributed by atoms with E-state index in [1.807, 2.05) is 0 Å². The Labute approximate surface area is 87.0 Å². The lowest BCUT2D eigenvalue weighted by Crippen LogP contribution is -2.07. The molecule has 0 spiro atoms. The number of aliphatic carboxylic acids is 1. The largest absolute Gasteiger partial charge is 0.478 e. The van der Waals surface area contributed by atoms with E-state index < -0.39 is 17.8 Å². The maximum atomic E-state index is 10.4. The lowest BCUT2D eigenvalue weighted by Gasteiger charge is -1.96. The number of carbonyl (C=O) groups is 3. The van der Waals surface area contributed by atoms with Gasteiger partial charge in [-0.05, 0) is 6.08 Å². The van der Waals surface area contributed by atoms with Crippen LogP contribution in [-0.2, 0) is 19.1 Å². The molecule has 0 unspecified atom stereocenters. The molecule has 0 aromatic heterocycles. The topological polar surface area (TPSA) is 107 Å². The van der Waals surface area contributed by atoms with Crippen molar-refractivity contribution in [2.24, 2.45) is 5.73 Å². The van der Waals surface area contributed by atoms with Crippen molar-refractivity contribution >= 4 is 17.8 Å². The smallest absolute Gasteiger partial charge is 0.331 e. The number of carboxylic acid groups (broad SMARTS) is 1. The van der Waals surface area contributed by atoms with Crippen LogP contribution in [0.1, 0.15) is 6.42 Å². The molecule has 0 atom stereocenters. The van der Waals surface area contributed by atoms with E-state index in [4.69, 9.17) is 5.11 Å². The predicted octanol–water partition coefficient (Wildman–Crippen LogP) is -0.152. The van der Waals surface area contributed by atoms with Gasteiger partial charge in [-0.15, -0.1) is 0 Å². The Balaban J connectivity index is 0. The number of nitrogens with two attached hydrogens (primary N) is 1. The highest BCUT2D eigenvalue weighted by Gasteiger charge is 2.09. The number of esters is 1. The van der Waals surface area contributed by atoms with Crippen LogP contribution in [0, 0.1) is 0 Å². The van der Waals surface area contributed by atoms with Crippen molar-refractivity contribution in [2.45, 2.75) is 6.42 Å². The summed E-state index contributed by atoms with van der Waals surface area (Å²) in [6.07, 6.45) is 0.797. The molecule has 0 aromatic carbocycles. The third-order valence-electron chi connectivity index (χ3n) is 1.09. The van der Waals surface area contributed by atoms with Crippen LogP contribution in [0.25, 0.3) is 0 Å². The average molecular weight is 215 g/mol. The van der Waals surface area contributed by atoms with E-state index in [2.05, 4.69) is 23.6 Å². The second-order valence-corrected chi connectivity index (χ2v) is 2.27. The zero-order valence-corrected chi connectivity index (χ0v) is 8.36. The summed E-state index contributed by atoms with van der Waals surface area (Å²) in [5, 5.41) is 8.22. The quantitative estimate of drug-likeness (QED) is 0.501. The van der Waals surface area contributed by atoms with Crippen molar-refractivity contribution in [3.05, 3.63) is 24.8 Å². The Kier molecular flexibility index (Phi) is 8.69. The minimum atomic E-state index is -1.18. The molecule has 15 heavy (non-hydrogen) atoms. The first-order chi connectivity index (χ1) is 6.84. The van der Waals surface area contributed by atoms with Gasteiger partial charge < -0.3 is 15.6 Å². The van der Waals surface area contributed by atoms with Gasteiger partial charge in [0.25, 0.3) is 0 Å². The van der Waals surface area contributed by atoms with Gasteiger partial charge in [0.05, 0.1) is 13.5 Å². The standard InChI is InChI=1S/C6H8O4.C3H5NO/c1-4(6(8)9)3-5(7)10-2;1-2-3(4)5/h1,3H2,2H3,(H,8,9);2H,1H2,(H2,4,5). The van der Waals surface area contributed by atoms with Crippen molar-refractivity contribution in [1.82, 2.24) is 0 Å². The zero-order valence-electron chi connectivity index (χ0n) is 8.36. The first-order valence-corrected chi connectivity index (χ1v) is 3.74. The van der Waals surface area contributed by atoms with Crippen LogP contribution in [0.2, 0.25) is 0 Å². The number of hydrogen-bond donors (Lipinski definition) is 2. The summed E-state index contributed by atoms with van der Waals surface area (Å²) in [5.41, 5.74) is 4.37. The first-order valence-electron chi connectivity index (χ1n) is 3.74. The number of carboxylic acids is 1. The first kappa shape index (κ1) is 15.4. The predicted molar refractivity (Wildman–Crippen MR) is 52.8 cm³/mol. The summed E-state index contributed by atoms with van der Waals surface area (Å²) in [6, 6.07) is 0. The Morgan fingerprint density at radius 2 is 1.87 bits per heavy atom. The Bertz CT molecular complexity index is 282. The summed E-state index contributed by atoms with van der Waals surface area (Å²) in [7, 11) is 1.19. The minimum Gasteiger partial charge on any atom is -0.478 e. The fourth-order valence-electron chi connectivity index (χ4n) is 0.322. The molecule has 0 rings (SSSR count). The molecule has 0 aliphatic rings. The van der Waals surface area contributed by atoms with Crippen LogP contribution in [0.3, 0.4) is 0 Å². The third-order valence-corrected chi connectivity index (χ3v) is 1.09. The monoisotopic (exact) mass is 215 g/mol. The minimum absolute atomic E-state index is 0.160. The molecule has 3 N–H and O–H groups in total. The molecule has 0 heterocycles. The molecule has 0 radical (unpaired) electrons. The van der Waals surface area contributed by atoms with E-state index in [0.29, 0.717) is 0 Å². The summed E-state index contributed by atoms with van der Waals surface area (Å²) >= 11 is 0. The van der Waals surface area contributed by atoms with E-state index in [0.717, 1.165) is 6.08 Å². The fourth-order valence-corrected chi connectivity index (χ4v) is 0.322. The van der Waals surface area contributed by atoms with Crippen LogP contribution in [-0.4, -0.2) is 30.1 Å². The fraction of sp³-hybridized carbons (Fsp3) is 0.222. The van der Waals surface area contributed by atoms with Crippen LogP contribution in [0.5, 0.6) is 0 Å². The molecular weight excluding hydrogens is 202 g/mol. The van der Waals surface area contributed by atoms with Crippen molar-refractivity contribution in [3.8, 4) is 0 Å². The van der Waals surface area contributed by atoms with Gasteiger partial charge in [-0.1, -0.05) is 13.2 Å². The SMILES string of the molecule is C=C(CC(=O)OC)C(=O)O.C=CC(N)=O. The summed E-state index contributed by atoms with van der Waals surface area (Å²) in [5.74, 6) is -2.25. The van der Waals surface area contributed by atoms with E-state index >= 15 is 0 Å². The van der Waals surface area contributed by atoms with E-state index in [-0.39, 0.29) is 12.0 Å². The highest BCUT2D eigenvalue weighted by Crippen LogP contribution is 1.98. The summed E-state index contributed by atoms with van der Waals surface area (Å²) in [6.45, 7) is 6.23. The Morgan fingerprint density at radius 1 is 1.47 bits per heavy atom. The number of ether oxygens (including phenoxy) is 1. The number of amides is 1. The second kappa shape index (κ2) is 8.49. The van der Waals surface area contributed by atoms with Crippen molar-refractivity contribution in [2.75, 3.05) is 7.11 Å². The van der Waals surface area contributed by atoms with E-state index in [9.17, 15) is 14.4 Å². The molecule has 84 valence electrons. The lowest BCUT2D eigenvalue weighted by atomic mass is 10.2. The molecule has 0 fully saturated rings.